The van der Waals surface area contributed by atoms with Crippen molar-refractivity contribution in [3.63, 3.8) is 0 Å². The molecule has 0 heterocycles. The second-order valence-corrected chi connectivity index (χ2v) is 6.58. The topological polar surface area (TPSA) is 12.0 Å². The average Bonchev–Trinajstić information content (AvgIpc) is 2.39. The van der Waals surface area contributed by atoms with Crippen molar-refractivity contribution >= 4 is 31.9 Å². The van der Waals surface area contributed by atoms with E-state index in [9.17, 15) is 4.39 Å². The fourth-order valence-corrected chi connectivity index (χ4v) is 3.29. The van der Waals surface area contributed by atoms with Crippen molar-refractivity contribution in [1.29, 1.82) is 0 Å². The van der Waals surface area contributed by atoms with Gasteiger partial charge in [-0.05, 0) is 55.3 Å². The minimum absolute atomic E-state index is 0.0700. The standard InChI is InChI=1S/C16H16Br2FN/c1-10-3-6-13(14(18)7-10)16(20-2)8-11-4-5-12(17)9-15(11)19/h3-7,9,16,20H,8H2,1-2H3. The van der Waals surface area contributed by atoms with Crippen LogP contribution in [0.3, 0.4) is 0 Å². The molecule has 0 radical (unpaired) electrons. The molecule has 0 aliphatic carbocycles. The highest BCUT2D eigenvalue weighted by atomic mass is 79.9. The second kappa shape index (κ2) is 6.83. The van der Waals surface area contributed by atoms with Crippen LogP contribution < -0.4 is 5.32 Å². The number of halogens is 3. The summed E-state index contributed by atoms with van der Waals surface area (Å²) in [4.78, 5) is 0. The third kappa shape index (κ3) is 3.68. The van der Waals surface area contributed by atoms with Gasteiger partial charge in [-0.1, -0.05) is 50.1 Å². The van der Waals surface area contributed by atoms with E-state index in [0.717, 1.165) is 14.5 Å². The lowest BCUT2D eigenvalue weighted by atomic mass is 9.98. The van der Waals surface area contributed by atoms with E-state index < -0.39 is 0 Å². The Morgan fingerprint density at radius 1 is 1.15 bits per heavy atom. The fraction of sp³-hybridized carbons (Fsp3) is 0.250. The molecule has 2 aromatic carbocycles. The first-order chi connectivity index (χ1) is 9.51. The van der Waals surface area contributed by atoms with Crippen LogP contribution in [0, 0.1) is 12.7 Å². The van der Waals surface area contributed by atoms with E-state index in [-0.39, 0.29) is 11.9 Å². The summed E-state index contributed by atoms with van der Waals surface area (Å²) in [5.74, 6) is -0.178. The van der Waals surface area contributed by atoms with Crippen molar-refractivity contribution in [3.05, 3.63) is 67.9 Å². The van der Waals surface area contributed by atoms with Crippen LogP contribution in [0.1, 0.15) is 22.7 Å². The molecule has 1 nitrogen and oxygen atoms in total. The van der Waals surface area contributed by atoms with Gasteiger partial charge in [-0.15, -0.1) is 0 Å². The molecule has 0 aliphatic rings. The Hall–Kier alpha value is -0.710. The molecule has 0 fully saturated rings. The van der Waals surface area contributed by atoms with Gasteiger partial charge in [0.25, 0.3) is 0 Å². The first kappa shape index (κ1) is 15.7. The summed E-state index contributed by atoms with van der Waals surface area (Å²) in [6.45, 7) is 2.05. The van der Waals surface area contributed by atoms with Crippen molar-refractivity contribution in [2.75, 3.05) is 7.05 Å². The summed E-state index contributed by atoms with van der Waals surface area (Å²) >= 11 is 6.87. The predicted molar refractivity (Wildman–Crippen MR) is 88.5 cm³/mol. The van der Waals surface area contributed by atoms with E-state index in [1.54, 1.807) is 0 Å². The summed E-state index contributed by atoms with van der Waals surface area (Å²) < 4.78 is 15.8. The van der Waals surface area contributed by atoms with Crippen LogP contribution in [0.4, 0.5) is 4.39 Å². The van der Waals surface area contributed by atoms with Crippen molar-refractivity contribution < 1.29 is 4.39 Å². The Morgan fingerprint density at radius 2 is 1.90 bits per heavy atom. The fourth-order valence-electron chi connectivity index (χ4n) is 2.19. The van der Waals surface area contributed by atoms with Crippen molar-refractivity contribution in [2.24, 2.45) is 0 Å². The van der Waals surface area contributed by atoms with Crippen LogP contribution in [0.15, 0.2) is 45.3 Å². The summed E-state index contributed by atoms with van der Waals surface area (Å²) in [6.07, 6.45) is 0.608. The van der Waals surface area contributed by atoms with Crippen LogP contribution in [0.25, 0.3) is 0 Å². The monoisotopic (exact) mass is 399 g/mol. The number of hydrogen-bond acceptors (Lipinski definition) is 1. The minimum Gasteiger partial charge on any atom is -0.313 e. The number of nitrogens with one attached hydrogen (secondary N) is 1. The maximum absolute atomic E-state index is 14.0. The van der Waals surface area contributed by atoms with Gasteiger partial charge in [0.1, 0.15) is 5.82 Å². The minimum atomic E-state index is -0.178. The average molecular weight is 401 g/mol. The zero-order chi connectivity index (χ0) is 14.7. The molecule has 2 rings (SSSR count). The third-order valence-corrected chi connectivity index (χ3v) is 4.50. The van der Waals surface area contributed by atoms with Crippen LogP contribution in [0.5, 0.6) is 0 Å². The smallest absolute Gasteiger partial charge is 0.127 e. The molecule has 0 amide bonds. The molecule has 0 saturated heterocycles. The molecule has 0 saturated carbocycles. The molecule has 1 unspecified atom stereocenters. The molecule has 4 heteroatoms. The Kier molecular flexibility index (Phi) is 5.35. The summed E-state index contributed by atoms with van der Waals surface area (Å²) in [5.41, 5.74) is 3.05. The van der Waals surface area contributed by atoms with Gasteiger partial charge < -0.3 is 5.32 Å². The first-order valence-corrected chi connectivity index (χ1v) is 7.97. The maximum atomic E-state index is 14.0. The molecule has 0 aliphatic heterocycles. The van der Waals surface area contributed by atoms with Gasteiger partial charge in [0.05, 0.1) is 0 Å². The molecular weight excluding hydrogens is 385 g/mol. The van der Waals surface area contributed by atoms with E-state index in [4.69, 9.17) is 0 Å². The van der Waals surface area contributed by atoms with Gasteiger partial charge in [0, 0.05) is 15.0 Å². The van der Waals surface area contributed by atoms with E-state index in [0.29, 0.717) is 12.0 Å². The Balaban J connectivity index is 2.28. The normalized spacial score (nSPS) is 12.4. The van der Waals surface area contributed by atoms with Gasteiger partial charge in [0.15, 0.2) is 0 Å². The lowest BCUT2D eigenvalue weighted by Gasteiger charge is -2.19. The molecule has 0 aromatic heterocycles. The number of aryl methyl sites for hydroxylation is 1. The Morgan fingerprint density at radius 3 is 2.50 bits per heavy atom. The van der Waals surface area contributed by atoms with Crippen LogP contribution >= 0.6 is 31.9 Å². The van der Waals surface area contributed by atoms with Gasteiger partial charge in [-0.3, -0.25) is 0 Å². The number of likely N-dealkylation sites (N-methyl/N-ethyl adjacent to an activating group) is 1. The highest BCUT2D eigenvalue weighted by molar-refractivity contribution is 9.10. The third-order valence-electron chi connectivity index (χ3n) is 3.32. The summed E-state index contributed by atoms with van der Waals surface area (Å²) in [5, 5.41) is 3.26. The Bertz CT molecular complexity index is 613. The predicted octanol–water partition coefficient (Wildman–Crippen LogP) is 5.16. The van der Waals surface area contributed by atoms with Crippen molar-refractivity contribution in [3.8, 4) is 0 Å². The molecule has 0 spiro atoms. The molecule has 2 aromatic rings. The van der Waals surface area contributed by atoms with Gasteiger partial charge in [-0.2, -0.15) is 0 Å². The largest absolute Gasteiger partial charge is 0.313 e. The number of benzene rings is 2. The SMILES string of the molecule is CNC(Cc1ccc(Br)cc1F)c1ccc(C)cc1Br. The molecule has 1 atom stereocenters. The van der Waals surface area contributed by atoms with Crippen LogP contribution in [0.2, 0.25) is 0 Å². The molecule has 1 N–H and O–H groups in total. The lowest BCUT2D eigenvalue weighted by Crippen LogP contribution is -2.20. The molecule has 106 valence electrons. The van der Waals surface area contributed by atoms with Crippen LogP contribution in [-0.4, -0.2) is 7.05 Å². The Labute approximate surface area is 135 Å². The van der Waals surface area contributed by atoms with E-state index >= 15 is 0 Å². The zero-order valence-corrected chi connectivity index (χ0v) is 14.6. The van der Waals surface area contributed by atoms with Gasteiger partial charge >= 0.3 is 0 Å². The molecule has 20 heavy (non-hydrogen) atoms. The number of rotatable bonds is 4. The summed E-state index contributed by atoms with van der Waals surface area (Å²) in [6, 6.07) is 11.5. The highest BCUT2D eigenvalue weighted by Crippen LogP contribution is 2.28. The van der Waals surface area contributed by atoms with Gasteiger partial charge in [0.2, 0.25) is 0 Å². The van der Waals surface area contributed by atoms with Crippen molar-refractivity contribution in [2.45, 2.75) is 19.4 Å². The van der Waals surface area contributed by atoms with E-state index in [2.05, 4.69) is 62.3 Å². The molecule has 0 bridgehead atoms. The van der Waals surface area contributed by atoms with Gasteiger partial charge in [-0.25, -0.2) is 4.39 Å². The van der Waals surface area contributed by atoms with Crippen LogP contribution in [-0.2, 0) is 6.42 Å². The quantitative estimate of drug-likeness (QED) is 0.747. The van der Waals surface area contributed by atoms with Crippen molar-refractivity contribution in [1.82, 2.24) is 5.32 Å². The number of hydrogen-bond donors (Lipinski definition) is 1. The van der Waals surface area contributed by atoms with E-state index in [1.165, 1.54) is 11.6 Å². The molecular formula is C16H16Br2FN. The van der Waals surface area contributed by atoms with E-state index in [1.807, 2.05) is 19.2 Å². The first-order valence-electron chi connectivity index (χ1n) is 6.38. The highest BCUT2D eigenvalue weighted by Gasteiger charge is 2.15. The summed E-state index contributed by atoms with van der Waals surface area (Å²) in [7, 11) is 1.90. The lowest BCUT2D eigenvalue weighted by molar-refractivity contribution is 0.552. The zero-order valence-electron chi connectivity index (χ0n) is 11.4. The maximum Gasteiger partial charge on any atom is 0.127 e. The second-order valence-electron chi connectivity index (χ2n) is 4.81.